The first-order valence-corrected chi connectivity index (χ1v) is 4.20. The Labute approximate surface area is 72.6 Å². The van der Waals surface area contributed by atoms with Crippen molar-refractivity contribution < 1.29 is 4.79 Å². The van der Waals surface area contributed by atoms with E-state index in [9.17, 15) is 4.79 Å². The van der Waals surface area contributed by atoms with Gasteiger partial charge in [0, 0.05) is 18.3 Å². The van der Waals surface area contributed by atoms with Gasteiger partial charge in [0.05, 0.1) is 0 Å². The van der Waals surface area contributed by atoms with Crippen LogP contribution in [0, 0.1) is 5.92 Å². The first-order chi connectivity index (χ1) is 5.22. The number of nitrogens with one attached hydrogen (secondary N) is 1. The van der Waals surface area contributed by atoms with Gasteiger partial charge in [-0.25, -0.2) is 0 Å². The van der Waals surface area contributed by atoms with Crippen molar-refractivity contribution in [2.45, 2.75) is 13.3 Å². The molecule has 64 valence electrons. The van der Waals surface area contributed by atoms with E-state index >= 15 is 0 Å². The Hall–Kier alpha value is -0.500. The van der Waals surface area contributed by atoms with Gasteiger partial charge in [-0.3, -0.25) is 4.79 Å². The maximum Gasteiger partial charge on any atom is 0.224 e. The molecular weight excluding hydrogens is 162 g/mol. The summed E-state index contributed by atoms with van der Waals surface area (Å²) in [7, 11) is 0. The molecule has 0 rings (SSSR count). The molecule has 0 bridgehead atoms. The quantitative estimate of drug-likeness (QED) is 0.384. The van der Waals surface area contributed by atoms with E-state index in [0.717, 1.165) is 6.42 Å². The highest BCUT2D eigenvalue weighted by Crippen LogP contribution is 1.96. The molecule has 2 nitrogen and oxygen atoms in total. The van der Waals surface area contributed by atoms with Crippen molar-refractivity contribution in [3.8, 4) is 0 Å². The second-order valence-corrected chi connectivity index (χ2v) is 2.73. The zero-order chi connectivity index (χ0) is 8.69. The minimum Gasteiger partial charge on any atom is -0.356 e. The van der Waals surface area contributed by atoms with E-state index in [1.807, 2.05) is 0 Å². The van der Waals surface area contributed by atoms with Crippen molar-refractivity contribution in [2.24, 2.45) is 5.92 Å². The first-order valence-electron chi connectivity index (χ1n) is 3.67. The molecule has 0 aromatic rings. The zero-order valence-corrected chi connectivity index (χ0v) is 7.53. The Morgan fingerprint density at radius 3 is 2.91 bits per heavy atom. The first kappa shape index (κ1) is 10.5. The summed E-state index contributed by atoms with van der Waals surface area (Å²) in [4.78, 5) is 11.0. The lowest BCUT2D eigenvalue weighted by molar-refractivity contribution is -0.123. The molecule has 0 spiro atoms. The second-order valence-electron chi connectivity index (χ2n) is 2.42. The molecule has 1 unspecified atom stereocenters. The predicted octanol–water partition coefficient (Wildman–Crippen LogP) is 1.55. The predicted molar refractivity (Wildman–Crippen MR) is 47.7 cm³/mol. The Bertz CT molecular complexity index is 136. The maximum absolute atomic E-state index is 11.0. The third-order valence-electron chi connectivity index (χ3n) is 1.33. The summed E-state index contributed by atoms with van der Waals surface area (Å²) >= 11 is 5.48. The number of carbonyl (C=O) groups is 1. The molecule has 1 amide bonds. The molecule has 0 saturated heterocycles. The highest BCUT2D eigenvalue weighted by molar-refractivity contribution is 6.19. The molecule has 0 aliphatic heterocycles. The van der Waals surface area contributed by atoms with Crippen LogP contribution in [0.3, 0.4) is 0 Å². The third kappa shape index (κ3) is 4.85. The standard InChI is InChI=1S/C8H14ClNO/c1-3-4-5-10-8(11)7(2)6-9/h3,7H,1,4-6H2,2H3,(H,10,11). The molecule has 3 heteroatoms. The van der Waals surface area contributed by atoms with Gasteiger partial charge in [-0.15, -0.1) is 18.2 Å². The highest BCUT2D eigenvalue weighted by Gasteiger charge is 2.09. The van der Waals surface area contributed by atoms with Gasteiger partial charge in [0.15, 0.2) is 0 Å². The van der Waals surface area contributed by atoms with Crippen molar-refractivity contribution in [1.82, 2.24) is 5.32 Å². The van der Waals surface area contributed by atoms with Crippen molar-refractivity contribution in [2.75, 3.05) is 12.4 Å². The average molecular weight is 176 g/mol. The van der Waals surface area contributed by atoms with Crippen LogP contribution in [-0.2, 0) is 4.79 Å². The minimum absolute atomic E-state index is 0.0156. The summed E-state index contributed by atoms with van der Waals surface area (Å²) in [6, 6.07) is 0. The van der Waals surface area contributed by atoms with Crippen LogP contribution in [0.15, 0.2) is 12.7 Å². The molecule has 0 radical (unpaired) electrons. The van der Waals surface area contributed by atoms with Gasteiger partial charge in [-0.05, 0) is 6.42 Å². The van der Waals surface area contributed by atoms with Gasteiger partial charge in [-0.2, -0.15) is 0 Å². The molecule has 0 aliphatic rings. The van der Waals surface area contributed by atoms with Crippen molar-refractivity contribution in [1.29, 1.82) is 0 Å². The molecule has 0 saturated carbocycles. The summed E-state index contributed by atoms with van der Waals surface area (Å²) in [6.45, 7) is 6.00. The van der Waals surface area contributed by atoms with Crippen LogP contribution >= 0.6 is 11.6 Å². The Morgan fingerprint density at radius 1 is 1.82 bits per heavy atom. The lowest BCUT2D eigenvalue weighted by Gasteiger charge is -2.07. The summed E-state index contributed by atoms with van der Waals surface area (Å²) in [6.07, 6.45) is 2.58. The van der Waals surface area contributed by atoms with Gasteiger partial charge >= 0.3 is 0 Å². The smallest absolute Gasteiger partial charge is 0.224 e. The van der Waals surface area contributed by atoms with E-state index in [1.54, 1.807) is 13.0 Å². The monoisotopic (exact) mass is 175 g/mol. The van der Waals surface area contributed by atoms with E-state index in [-0.39, 0.29) is 11.8 Å². The van der Waals surface area contributed by atoms with E-state index in [1.165, 1.54) is 0 Å². The van der Waals surface area contributed by atoms with Crippen LogP contribution in [0.1, 0.15) is 13.3 Å². The van der Waals surface area contributed by atoms with Crippen molar-refractivity contribution in [3.05, 3.63) is 12.7 Å². The van der Waals surface area contributed by atoms with Crippen molar-refractivity contribution in [3.63, 3.8) is 0 Å². The van der Waals surface area contributed by atoms with Gasteiger partial charge < -0.3 is 5.32 Å². The normalized spacial score (nSPS) is 12.2. The number of carbonyl (C=O) groups excluding carboxylic acids is 1. The van der Waals surface area contributed by atoms with Gasteiger partial charge in [0.1, 0.15) is 0 Å². The molecule has 0 aromatic heterocycles. The average Bonchev–Trinajstić information content (AvgIpc) is 2.03. The summed E-state index contributed by atoms with van der Waals surface area (Å²) < 4.78 is 0. The van der Waals surface area contributed by atoms with Crippen LogP contribution in [0.5, 0.6) is 0 Å². The minimum atomic E-state index is -0.0959. The van der Waals surface area contributed by atoms with Gasteiger partial charge in [0.25, 0.3) is 0 Å². The lowest BCUT2D eigenvalue weighted by Crippen LogP contribution is -2.30. The molecule has 0 heterocycles. The lowest BCUT2D eigenvalue weighted by atomic mass is 10.2. The van der Waals surface area contributed by atoms with Gasteiger partial charge in [-0.1, -0.05) is 13.0 Å². The summed E-state index contributed by atoms with van der Waals surface area (Å²) in [5.41, 5.74) is 0. The number of hydrogen-bond acceptors (Lipinski definition) is 1. The Balaban J connectivity index is 3.43. The van der Waals surface area contributed by atoms with Crippen LogP contribution < -0.4 is 5.32 Å². The van der Waals surface area contributed by atoms with E-state index in [0.29, 0.717) is 12.4 Å². The number of rotatable bonds is 5. The molecular formula is C8H14ClNO. The summed E-state index contributed by atoms with van der Waals surface area (Å²) in [5.74, 6) is 0.295. The molecule has 11 heavy (non-hydrogen) atoms. The fraction of sp³-hybridized carbons (Fsp3) is 0.625. The maximum atomic E-state index is 11.0. The fourth-order valence-corrected chi connectivity index (χ4v) is 0.682. The third-order valence-corrected chi connectivity index (χ3v) is 1.79. The molecule has 0 aliphatic carbocycles. The topological polar surface area (TPSA) is 29.1 Å². The molecule has 1 N–H and O–H groups in total. The van der Waals surface area contributed by atoms with Crippen LogP contribution in [0.2, 0.25) is 0 Å². The van der Waals surface area contributed by atoms with Crippen LogP contribution in [0.4, 0.5) is 0 Å². The molecule has 0 aromatic carbocycles. The second kappa shape index (κ2) is 6.23. The van der Waals surface area contributed by atoms with E-state index < -0.39 is 0 Å². The SMILES string of the molecule is C=CCCNC(=O)C(C)CCl. The van der Waals surface area contributed by atoms with Gasteiger partial charge in [0.2, 0.25) is 5.91 Å². The fourth-order valence-electron chi connectivity index (χ4n) is 0.542. The highest BCUT2D eigenvalue weighted by atomic mass is 35.5. The number of alkyl halides is 1. The van der Waals surface area contributed by atoms with Crippen molar-refractivity contribution >= 4 is 17.5 Å². The Kier molecular flexibility index (Phi) is 5.94. The molecule has 1 atom stereocenters. The molecule has 0 fully saturated rings. The largest absolute Gasteiger partial charge is 0.356 e. The van der Waals surface area contributed by atoms with Crippen LogP contribution in [-0.4, -0.2) is 18.3 Å². The van der Waals surface area contributed by atoms with E-state index in [2.05, 4.69) is 11.9 Å². The van der Waals surface area contributed by atoms with Crippen LogP contribution in [0.25, 0.3) is 0 Å². The zero-order valence-electron chi connectivity index (χ0n) is 6.77. The number of hydrogen-bond donors (Lipinski definition) is 1. The number of halogens is 1. The Morgan fingerprint density at radius 2 is 2.45 bits per heavy atom. The number of amides is 1. The summed E-state index contributed by atoms with van der Waals surface area (Å²) in [5, 5.41) is 2.74. The van der Waals surface area contributed by atoms with E-state index in [4.69, 9.17) is 11.6 Å².